The number of rotatable bonds is 74. The van der Waals surface area contributed by atoms with Gasteiger partial charge in [0, 0.05) is 76.7 Å². The normalized spacial score (nSPS) is 12.8. The van der Waals surface area contributed by atoms with Crippen molar-refractivity contribution in [1.29, 1.82) is 0 Å². The van der Waals surface area contributed by atoms with E-state index < -0.39 is 23.6 Å². The SMILES string of the molecule is CCCCCCCCCCCCOc1cc(N2C(=O)c3ccc4c5c(Br)cc6c7c(ccc(c8c(Br)cc(c3c48)C2=O)c75)C(=O)N(c2cc(OCCCCCCCCCCCC)c(OCCCCCCCCCCCC)c(OCCCCCCCCCCCC)c2)C6=O)cc(OCCCCCCCCCCCC)c1OCCCCCCCCCCCC. The standard InChI is InChI=1S/C108H160Br2N2O10/c1-7-13-19-25-31-37-43-49-55-61-71-117-93-77-83(78-94(118-72-62-56-50-44-38-32-26-20-14-8-2)103(93)121-75-65-59-53-47-41-35-29-23-17-11-5)111-105(113)87-69-67-85-100-92(110)82-90-98-88(70-68-86(102(98)100)99-91(109)81-89(107(111)115)97(87)101(85)99)106(114)112(108(90)116)84-79-95(119-73-63-57-51-45-39-33-27-21-15-9-3)104(122-76-66-60-54-48-42-36-30-24-18-12-6)96(80-84)120-74-64-58-52-46-40-34-28-22-16-10-4/h67-70,77-82H,7-66,71-76H2,1-6H3. The maximum Gasteiger partial charge on any atom is 0.266 e. The summed E-state index contributed by atoms with van der Waals surface area (Å²) >= 11 is 8.10. The van der Waals surface area contributed by atoms with E-state index in [1.807, 2.05) is 60.7 Å². The fourth-order valence-electron chi connectivity index (χ4n) is 18.5. The second kappa shape index (κ2) is 58.3. The number of imide groups is 2. The summed E-state index contributed by atoms with van der Waals surface area (Å²) in [5, 5.41) is 5.68. The van der Waals surface area contributed by atoms with Crippen LogP contribution in [0, 0.1) is 0 Å². The lowest BCUT2D eigenvalue weighted by Crippen LogP contribution is -2.40. The Hall–Kier alpha value is -6.12. The molecule has 0 bridgehead atoms. The number of hydrogen-bond donors (Lipinski definition) is 0. The summed E-state index contributed by atoms with van der Waals surface area (Å²) in [6.07, 6.45) is 72.2. The summed E-state index contributed by atoms with van der Waals surface area (Å²) in [4.78, 5) is 66.1. The molecular formula is C108H160Br2N2O10. The van der Waals surface area contributed by atoms with Crippen LogP contribution in [0.2, 0.25) is 0 Å². The molecule has 2 aliphatic rings. The molecule has 122 heavy (non-hydrogen) atoms. The van der Waals surface area contributed by atoms with Gasteiger partial charge in [-0.15, -0.1) is 0 Å². The number of nitrogens with zero attached hydrogens (tertiary/aromatic N) is 2. The highest BCUT2D eigenvalue weighted by atomic mass is 79.9. The summed E-state index contributed by atoms with van der Waals surface area (Å²) in [5.74, 6) is 1.11. The predicted molar refractivity (Wildman–Crippen MR) is 522 cm³/mol. The Morgan fingerprint density at radius 3 is 0.615 bits per heavy atom. The summed E-state index contributed by atoms with van der Waals surface area (Å²) in [7, 11) is 0. The molecule has 0 saturated carbocycles. The van der Waals surface area contributed by atoms with Gasteiger partial charge in [-0.25, -0.2) is 9.80 Å². The van der Waals surface area contributed by atoms with Crippen LogP contribution in [0.3, 0.4) is 0 Å². The Bertz CT molecular complexity index is 3850. The maximum atomic E-state index is 15.9. The van der Waals surface area contributed by atoms with E-state index in [-0.39, 0.29) is 0 Å². The first-order valence-corrected chi connectivity index (χ1v) is 52.1. The van der Waals surface area contributed by atoms with Gasteiger partial charge in [0.2, 0.25) is 11.5 Å². The first-order chi connectivity index (χ1) is 60.0. The van der Waals surface area contributed by atoms with Crippen molar-refractivity contribution in [3.8, 4) is 34.5 Å². The first kappa shape index (κ1) is 99.7. The minimum atomic E-state index is -0.466. The lowest BCUT2D eigenvalue weighted by atomic mass is 9.82. The van der Waals surface area contributed by atoms with Crippen LogP contribution in [-0.4, -0.2) is 63.3 Å². The van der Waals surface area contributed by atoms with Crippen molar-refractivity contribution >= 4 is 110 Å². The summed E-state index contributed by atoms with van der Waals surface area (Å²) in [6.45, 7) is 16.4. The first-order valence-electron chi connectivity index (χ1n) is 50.5. The largest absolute Gasteiger partial charge is 0.489 e. The molecule has 0 fully saturated rings. The Morgan fingerprint density at radius 2 is 0.402 bits per heavy atom. The molecule has 2 heterocycles. The van der Waals surface area contributed by atoms with Crippen molar-refractivity contribution in [3.63, 3.8) is 0 Å². The number of hydrogen-bond acceptors (Lipinski definition) is 10. The molecular weight excluding hydrogens is 1640 g/mol. The molecule has 0 N–H and O–H groups in total. The van der Waals surface area contributed by atoms with Crippen LogP contribution in [0.1, 0.15) is 468 Å². The minimum absolute atomic E-state index is 0.360. The second-order valence-corrected chi connectivity index (χ2v) is 37.7. The Morgan fingerprint density at radius 1 is 0.213 bits per heavy atom. The third-order valence-electron chi connectivity index (χ3n) is 25.8. The van der Waals surface area contributed by atoms with Crippen molar-refractivity contribution in [3.05, 3.63) is 91.9 Å². The van der Waals surface area contributed by atoms with Gasteiger partial charge in [0.1, 0.15) is 0 Å². The van der Waals surface area contributed by atoms with Crippen molar-refractivity contribution in [2.24, 2.45) is 0 Å². The highest BCUT2D eigenvalue weighted by Crippen LogP contribution is 2.53. The molecule has 14 heteroatoms. The van der Waals surface area contributed by atoms with E-state index in [4.69, 9.17) is 28.4 Å². The van der Waals surface area contributed by atoms with Crippen molar-refractivity contribution in [2.75, 3.05) is 49.4 Å². The average Bonchev–Trinajstić information content (AvgIpc) is 0.680. The van der Waals surface area contributed by atoms with Gasteiger partial charge < -0.3 is 28.4 Å². The van der Waals surface area contributed by atoms with Crippen molar-refractivity contribution in [2.45, 2.75) is 427 Å². The molecule has 0 saturated heterocycles. The lowest BCUT2D eigenvalue weighted by Gasteiger charge is -2.31. The second-order valence-electron chi connectivity index (χ2n) is 36.0. The molecule has 0 radical (unpaired) electrons. The summed E-state index contributed by atoms with van der Waals surface area (Å²) in [6, 6.07) is 18.7. The molecule has 4 amide bonds. The van der Waals surface area contributed by atoms with Gasteiger partial charge in [0.05, 0.1) is 62.1 Å². The minimum Gasteiger partial charge on any atom is -0.489 e. The van der Waals surface area contributed by atoms with Crippen LogP contribution >= 0.6 is 31.9 Å². The predicted octanol–water partition coefficient (Wildman–Crippen LogP) is 34.7. The Kier molecular flexibility index (Phi) is 47.6. The zero-order valence-electron chi connectivity index (χ0n) is 77.2. The molecule has 0 aliphatic carbocycles. The third-order valence-corrected chi connectivity index (χ3v) is 27.0. The van der Waals surface area contributed by atoms with E-state index >= 15 is 19.2 Å². The highest BCUT2D eigenvalue weighted by molar-refractivity contribution is 9.11. The van der Waals surface area contributed by atoms with Crippen LogP contribution in [-0.2, 0) is 0 Å². The number of fused-ring (bicyclic) bond motifs is 2. The number of halogens is 2. The van der Waals surface area contributed by atoms with Gasteiger partial charge in [0.15, 0.2) is 23.0 Å². The van der Waals surface area contributed by atoms with Crippen LogP contribution in [0.15, 0.2) is 69.6 Å². The summed E-state index contributed by atoms with van der Waals surface area (Å²) < 4.78 is 42.3. The molecule has 0 aromatic heterocycles. The number of carbonyl (C=O) groups excluding carboxylic acids is 4. The van der Waals surface area contributed by atoms with Crippen molar-refractivity contribution in [1.82, 2.24) is 0 Å². The quantitative estimate of drug-likeness (QED) is 0.0157. The molecule has 0 atom stereocenters. The van der Waals surface area contributed by atoms with Gasteiger partial charge in [-0.2, -0.15) is 0 Å². The smallest absolute Gasteiger partial charge is 0.266 e. The molecule has 2 aliphatic heterocycles. The summed E-state index contributed by atoms with van der Waals surface area (Å²) in [5.41, 5.74) is 2.23. The van der Waals surface area contributed by atoms with Crippen LogP contribution in [0.5, 0.6) is 34.5 Å². The zero-order valence-corrected chi connectivity index (χ0v) is 80.3. The van der Waals surface area contributed by atoms with Gasteiger partial charge in [-0.1, -0.05) is 432 Å². The van der Waals surface area contributed by atoms with E-state index in [1.54, 1.807) is 0 Å². The Labute approximate surface area is 755 Å². The number of benzene rings is 7. The van der Waals surface area contributed by atoms with Crippen LogP contribution < -0.4 is 38.2 Å². The molecule has 676 valence electrons. The maximum absolute atomic E-state index is 15.9. The van der Waals surface area contributed by atoms with E-state index in [9.17, 15) is 0 Å². The number of unbranched alkanes of at least 4 members (excludes halogenated alkanes) is 54. The van der Waals surface area contributed by atoms with E-state index in [2.05, 4.69) is 73.4 Å². The number of carbonyl (C=O) groups is 4. The molecule has 0 unspecified atom stereocenters. The van der Waals surface area contributed by atoms with Crippen molar-refractivity contribution < 1.29 is 47.6 Å². The van der Waals surface area contributed by atoms with Gasteiger partial charge in [-0.05, 0) is 73.6 Å². The molecule has 12 nitrogen and oxygen atoms in total. The number of anilines is 2. The molecule has 0 spiro atoms. The van der Waals surface area contributed by atoms with E-state index in [0.29, 0.717) is 127 Å². The monoisotopic (exact) mass is 1800 g/mol. The topological polar surface area (TPSA) is 130 Å². The molecule has 7 aromatic carbocycles. The van der Waals surface area contributed by atoms with Gasteiger partial charge in [-0.3, -0.25) is 19.2 Å². The highest BCUT2D eigenvalue weighted by Gasteiger charge is 2.41. The average molecular weight is 1810 g/mol. The molecule has 7 aromatic rings. The third kappa shape index (κ3) is 30.6. The van der Waals surface area contributed by atoms with Crippen LogP contribution in [0.25, 0.3) is 43.1 Å². The van der Waals surface area contributed by atoms with E-state index in [0.717, 1.165) is 148 Å². The lowest BCUT2D eigenvalue weighted by molar-refractivity contribution is 0.0877. The molecule has 9 rings (SSSR count). The van der Waals surface area contributed by atoms with Gasteiger partial charge in [0.25, 0.3) is 23.6 Å². The van der Waals surface area contributed by atoms with Gasteiger partial charge >= 0.3 is 0 Å². The zero-order chi connectivity index (χ0) is 86.1. The number of amides is 4. The fraction of sp³-hybridized carbons (Fsp3) is 0.667. The number of ether oxygens (including phenoxy) is 6. The van der Waals surface area contributed by atoms with E-state index in [1.165, 1.54) is 279 Å². The Balaban J connectivity index is 1.03. The van der Waals surface area contributed by atoms with Crippen LogP contribution in [0.4, 0.5) is 11.4 Å². The fourth-order valence-corrected chi connectivity index (χ4v) is 19.8.